The van der Waals surface area contributed by atoms with Crippen LogP contribution in [-0.2, 0) is 16.0 Å². The first kappa shape index (κ1) is 17.7. The average Bonchev–Trinajstić information content (AvgIpc) is 3.06. The lowest BCUT2D eigenvalue weighted by atomic mass is 9.67. The fourth-order valence-electron chi connectivity index (χ4n) is 4.02. The van der Waals surface area contributed by atoms with Crippen LogP contribution < -0.4 is 5.43 Å². The number of carbonyl (C=O) groups is 2. The third-order valence-corrected chi connectivity index (χ3v) is 5.54. The van der Waals surface area contributed by atoms with Gasteiger partial charge < -0.3 is 4.74 Å². The largest absolute Gasteiger partial charge is 0.461 e. The summed E-state index contributed by atoms with van der Waals surface area (Å²) in [5.41, 5.74) is 4.76. The summed E-state index contributed by atoms with van der Waals surface area (Å²) in [7, 11) is 0. The van der Waals surface area contributed by atoms with Gasteiger partial charge in [0.2, 0.25) is 0 Å². The van der Waals surface area contributed by atoms with E-state index in [1.807, 2.05) is 36.4 Å². The van der Waals surface area contributed by atoms with Crippen LogP contribution in [0.5, 0.6) is 0 Å². The molecule has 4 rings (SSSR count). The second kappa shape index (κ2) is 6.82. The second-order valence-corrected chi connectivity index (χ2v) is 7.21. The molecular formula is C21H19ClN2O3. The Balaban J connectivity index is 1.82. The van der Waals surface area contributed by atoms with Gasteiger partial charge in [-0.25, -0.2) is 4.79 Å². The zero-order chi connectivity index (χ0) is 19.0. The second-order valence-electron chi connectivity index (χ2n) is 6.77. The molecule has 0 saturated heterocycles. The van der Waals surface area contributed by atoms with Gasteiger partial charge in [0.25, 0.3) is 0 Å². The van der Waals surface area contributed by atoms with Crippen molar-refractivity contribution < 1.29 is 14.3 Å². The molecule has 0 fully saturated rings. The lowest BCUT2D eigenvalue weighted by Gasteiger charge is -2.37. The summed E-state index contributed by atoms with van der Waals surface area (Å²) in [6.07, 6.45) is 1.27. The molecule has 0 saturated carbocycles. The summed E-state index contributed by atoms with van der Waals surface area (Å²) in [4.78, 5) is 26.0. The van der Waals surface area contributed by atoms with Crippen LogP contribution in [0.4, 0.5) is 0 Å². The van der Waals surface area contributed by atoms with Crippen LogP contribution in [0.3, 0.4) is 0 Å². The summed E-state index contributed by atoms with van der Waals surface area (Å²) < 4.78 is 5.19. The molecule has 2 aliphatic rings. The number of nitrogens with one attached hydrogen (secondary N) is 1. The Morgan fingerprint density at radius 1 is 1.26 bits per heavy atom. The van der Waals surface area contributed by atoms with E-state index in [1.54, 1.807) is 19.1 Å². The Labute approximate surface area is 162 Å². The molecule has 5 nitrogen and oxygen atoms in total. The highest BCUT2D eigenvalue weighted by Crippen LogP contribution is 2.43. The highest BCUT2D eigenvalue weighted by molar-refractivity contribution is 6.40. The number of ether oxygens (including phenoxy) is 1. The fourth-order valence-corrected chi connectivity index (χ4v) is 4.14. The Morgan fingerprint density at radius 2 is 2.00 bits per heavy atom. The van der Waals surface area contributed by atoms with E-state index in [1.165, 1.54) is 0 Å². The van der Waals surface area contributed by atoms with Crippen molar-refractivity contribution in [1.82, 2.24) is 5.43 Å². The summed E-state index contributed by atoms with van der Waals surface area (Å²) in [5.74, 6) is -1.09. The van der Waals surface area contributed by atoms with Gasteiger partial charge in [-0.3, -0.25) is 10.2 Å². The number of halogens is 1. The maximum absolute atomic E-state index is 13.5. The zero-order valence-electron chi connectivity index (χ0n) is 14.9. The molecule has 2 aromatic carbocycles. The van der Waals surface area contributed by atoms with Crippen LogP contribution in [0.1, 0.15) is 40.7 Å². The van der Waals surface area contributed by atoms with Gasteiger partial charge in [0.05, 0.1) is 12.5 Å². The minimum atomic E-state index is -0.996. The number of benzene rings is 2. The lowest BCUT2D eigenvalue weighted by Crippen LogP contribution is -2.55. The van der Waals surface area contributed by atoms with Gasteiger partial charge in [-0.1, -0.05) is 48.0 Å². The van der Waals surface area contributed by atoms with E-state index in [0.29, 0.717) is 17.0 Å². The topological polar surface area (TPSA) is 67.8 Å². The molecule has 0 unspecified atom stereocenters. The van der Waals surface area contributed by atoms with Crippen LogP contribution in [0.25, 0.3) is 0 Å². The van der Waals surface area contributed by atoms with E-state index in [4.69, 9.17) is 16.3 Å². The fraction of sp³-hybridized carbons (Fsp3) is 0.286. The van der Waals surface area contributed by atoms with Gasteiger partial charge >= 0.3 is 5.97 Å². The van der Waals surface area contributed by atoms with Crippen molar-refractivity contribution in [2.45, 2.75) is 31.2 Å². The number of carbonyl (C=O) groups excluding carboxylic acids is 2. The molecule has 0 amide bonds. The van der Waals surface area contributed by atoms with E-state index >= 15 is 0 Å². The first-order chi connectivity index (χ1) is 13.1. The van der Waals surface area contributed by atoms with Gasteiger partial charge in [0.15, 0.2) is 11.5 Å². The van der Waals surface area contributed by atoms with Gasteiger partial charge in [-0.2, -0.15) is 5.10 Å². The maximum Gasteiger partial charge on any atom is 0.355 e. The van der Waals surface area contributed by atoms with Crippen LogP contribution >= 0.6 is 11.6 Å². The molecular weight excluding hydrogens is 364 g/mol. The standard InChI is InChI=1S/C21H19ClN2O3/c1-2-27-20(26)18-17(14-7-9-15(22)10-8-14)21(24-23-18)12-11-13-5-3-4-6-16(13)19(21)25/h3-10,17,24H,2,11-12H2,1H3/t17-,21-/m0/s1. The molecule has 1 aliphatic carbocycles. The number of ketones is 1. The summed E-state index contributed by atoms with van der Waals surface area (Å²) >= 11 is 6.04. The Bertz CT molecular complexity index is 939. The number of rotatable bonds is 3. The van der Waals surface area contributed by atoms with E-state index in [0.717, 1.165) is 17.5 Å². The Morgan fingerprint density at radius 3 is 2.74 bits per heavy atom. The molecule has 1 aliphatic heterocycles. The smallest absolute Gasteiger partial charge is 0.355 e. The predicted octanol–water partition coefficient (Wildman–Crippen LogP) is 3.51. The number of fused-ring (bicyclic) bond motifs is 1. The Kier molecular flexibility index (Phi) is 4.48. The number of Topliss-reactive ketones (excluding diaryl/α,β-unsaturated/α-hetero) is 1. The number of hydrogen-bond donors (Lipinski definition) is 1. The normalized spacial score (nSPS) is 23.6. The average molecular weight is 383 g/mol. The van der Waals surface area contributed by atoms with Crippen molar-refractivity contribution in [3.63, 3.8) is 0 Å². The Hall–Kier alpha value is -2.66. The van der Waals surface area contributed by atoms with Crippen molar-refractivity contribution in [3.05, 3.63) is 70.2 Å². The molecule has 6 heteroatoms. The van der Waals surface area contributed by atoms with Crippen molar-refractivity contribution in [1.29, 1.82) is 0 Å². The summed E-state index contributed by atoms with van der Waals surface area (Å²) in [5, 5.41) is 4.86. The van der Waals surface area contributed by atoms with Crippen molar-refractivity contribution in [2.75, 3.05) is 6.61 Å². The molecule has 138 valence electrons. The summed E-state index contributed by atoms with van der Waals surface area (Å²) in [6, 6.07) is 14.8. The van der Waals surface area contributed by atoms with Crippen LogP contribution in [0.2, 0.25) is 5.02 Å². The van der Waals surface area contributed by atoms with Crippen LogP contribution in [0, 0.1) is 0 Å². The van der Waals surface area contributed by atoms with Crippen molar-refractivity contribution in [2.24, 2.45) is 5.10 Å². The van der Waals surface area contributed by atoms with Crippen LogP contribution in [0.15, 0.2) is 53.6 Å². The van der Waals surface area contributed by atoms with Crippen molar-refractivity contribution in [3.8, 4) is 0 Å². The lowest BCUT2D eigenvalue weighted by molar-refractivity contribution is -0.135. The molecule has 1 heterocycles. The predicted molar refractivity (Wildman–Crippen MR) is 103 cm³/mol. The summed E-state index contributed by atoms with van der Waals surface area (Å²) in [6.45, 7) is 1.99. The van der Waals surface area contributed by atoms with Crippen molar-refractivity contribution >= 4 is 29.1 Å². The third kappa shape index (κ3) is 2.82. The first-order valence-electron chi connectivity index (χ1n) is 8.97. The number of nitrogens with zero attached hydrogens (tertiary/aromatic N) is 1. The highest BCUT2D eigenvalue weighted by Gasteiger charge is 2.56. The first-order valence-corrected chi connectivity index (χ1v) is 9.34. The number of hydrogen-bond acceptors (Lipinski definition) is 5. The molecule has 2 aromatic rings. The number of esters is 1. The molecule has 1 spiro atoms. The molecule has 0 aromatic heterocycles. The number of aryl methyl sites for hydroxylation is 1. The van der Waals surface area contributed by atoms with E-state index in [-0.39, 0.29) is 18.1 Å². The minimum Gasteiger partial charge on any atom is -0.461 e. The van der Waals surface area contributed by atoms with Gasteiger partial charge in [-0.05, 0) is 43.0 Å². The molecule has 2 atom stereocenters. The van der Waals surface area contributed by atoms with E-state index < -0.39 is 17.4 Å². The van der Waals surface area contributed by atoms with Gasteiger partial charge in [0.1, 0.15) is 5.54 Å². The molecule has 1 N–H and O–H groups in total. The molecule has 0 bridgehead atoms. The third-order valence-electron chi connectivity index (χ3n) is 5.29. The SMILES string of the molecule is CCOC(=O)C1=NN[C@@]2(CCc3ccccc3C2=O)[C@H]1c1ccc(Cl)cc1. The highest BCUT2D eigenvalue weighted by atomic mass is 35.5. The van der Waals surface area contributed by atoms with Gasteiger partial charge in [0, 0.05) is 10.6 Å². The quantitative estimate of drug-likeness (QED) is 0.825. The zero-order valence-corrected chi connectivity index (χ0v) is 15.6. The van der Waals surface area contributed by atoms with E-state index in [9.17, 15) is 9.59 Å². The molecule has 0 radical (unpaired) electrons. The number of hydrazone groups is 1. The minimum absolute atomic E-state index is 0.0488. The molecule has 27 heavy (non-hydrogen) atoms. The maximum atomic E-state index is 13.5. The van der Waals surface area contributed by atoms with Gasteiger partial charge in [-0.15, -0.1) is 0 Å². The van der Waals surface area contributed by atoms with E-state index in [2.05, 4.69) is 10.5 Å². The monoisotopic (exact) mass is 382 g/mol. The van der Waals surface area contributed by atoms with Crippen LogP contribution in [-0.4, -0.2) is 29.6 Å².